The third-order valence-electron chi connectivity index (χ3n) is 4.77. The van der Waals surface area contributed by atoms with E-state index in [0.29, 0.717) is 0 Å². The molecule has 26 heavy (non-hydrogen) atoms. The maximum atomic E-state index is 2.27. The first-order chi connectivity index (χ1) is 12.9. The Kier molecular flexibility index (Phi) is 2.60. The monoisotopic (exact) mass is 476 g/mol. The van der Waals surface area contributed by atoms with Gasteiger partial charge in [-0.3, -0.25) is 0 Å². The summed E-state index contributed by atoms with van der Waals surface area (Å²) in [6.45, 7) is 0. The molecular formula is C18H4S8. The maximum absolute atomic E-state index is 2.27. The summed E-state index contributed by atoms with van der Waals surface area (Å²) in [5.41, 5.74) is 0. The molecule has 0 bridgehead atoms. The van der Waals surface area contributed by atoms with Gasteiger partial charge in [0.05, 0.1) is 56.4 Å². The van der Waals surface area contributed by atoms with Gasteiger partial charge in [-0.1, -0.05) is 0 Å². The molecule has 0 fully saturated rings. The Labute approximate surface area is 177 Å². The highest BCUT2D eigenvalue weighted by molar-refractivity contribution is 7.52. The van der Waals surface area contributed by atoms with E-state index in [2.05, 4.69) is 22.9 Å². The van der Waals surface area contributed by atoms with E-state index < -0.39 is 0 Å². The third-order valence-corrected chi connectivity index (χ3v) is 15.6. The molecule has 0 radical (unpaired) electrons. The van der Waals surface area contributed by atoms with Crippen LogP contribution in [0.2, 0.25) is 0 Å². The van der Waals surface area contributed by atoms with Crippen molar-refractivity contribution in [3.63, 3.8) is 0 Å². The van der Waals surface area contributed by atoms with Crippen LogP contribution in [0.25, 0.3) is 65.8 Å². The average molecular weight is 477 g/mol. The minimum absolute atomic E-state index is 1.46. The lowest BCUT2D eigenvalue weighted by atomic mass is 10.4. The average Bonchev–Trinajstić information content (AvgIpc) is 3.37. The van der Waals surface area contributed by atoms with Gasteiger partial charge in [-0.15, -0.1) is 90.7 Å². The van der Waals surface area contributed by atoms with Crippen LogP contribution in [0.4, 0.5) is 0 Å². The first kappa shape index (κ1) is 14.4. The first-order valence-electron chi connectivity index (χ1n) is 7.82. The van der Waals surface area contributed by atoms with E-state index in [-0.39, 0.29) is 0 Å². The smallest absolute Gasteiger partial charge is 0.0652 e. The summed E-state index contributed by atoms with van der Waals surface area (Å²) in [5.74, 6) is 0. The van der Waals surface area contributed by atoms with Gasteiger partial charge in [-0.05, 0) is 22.9 Å². The van der Waals surface area contributed by atoms with Crippen molar-refractivity contribution in [2.24, 2.45) is 0 Å². The Morgan fingerprint density at radius 2 is 0.654 bits per heavy atom. The fourth-order valence-electron chi connectivity index (χ4n) is 3.67. The van der Waals surface area contributed by atoms with E-state index in [0.717, 1.165) is 0 Å². The van der Waals surface area contributed by atoms with Gasteiger partial charge in [0.15, 0.2) is 0 Å². The fourth-order valence-corrected chi connectivity index (χ4v) is 15.2. The molecule has 8 heteroatoms. The molecule has 0 spiro atoms. The van der Waals surface area contributed by atoms with E-state index in [9.17, 15) is 0 Å². The zero-order valence-corrected chi connectivity index (χ0v) is 19.1. The molecule has 0 aliphatic rings. The van der Waals surface area contributed by atoms with Gasteiger partial charge in [-0.25, -0.2) is 0 Å². The number of fused-ring (bicyclic) bond motifs is 13. The van der Waals surface area contributed by atoms with Gasteiger partial charge in [0.2, 0.25) is 0 Å². The highest BCUT2D eigenvalue weighted by atomic mass is 32.1. The highest BCUT2D eigenvalue weighted by Crippen LogP contribution is 2.58. The van der Waals surface area contributed by atoms with Crippen LogP contribution in [-0.2, 0) is 0 Å². The Balaban J connectivity index is 1.59. The van der Waals surface area contributed by atoms with Gasteiger partial charge in [0.25, 0.3) is 0 Å². The zero-order valence-electron chi connectivity index (χ0n) is 12.6. The number of hydrogen-bond donors (Lipinski definition) is 0. The number of rotatable bonds is 0. The summed E-state index contributed by atoms with van der Waals surface area (Å²) < 4.78 is 21.1. The summed E-state index contributed by atoms with van der Waals surface area (Å²) in [7, 11) is 0. The molecule has 0 saturated carbocycles. The molecule has 0 aliphatic carbocycles. The summed E-state index contributed by atoms with van der Waals surface area (Å²) in [6, 6.07) is 4.55. The predicted molar refractivity (Wildman–Crippen MR) is 132 cm³/mol. The molecule has 0 nitrogen and oxygen atoms in total. The maximum Gasteiger partial charge on any atom is 0.0652 e. The van der Waals surface area contributed by atoms with Crippen LogP contribution in [0.5, 0.6) is 0 Å². The van der Waals surface area contributed by atoms with Crippen molar-refractivity contribution in [3.8, 4) is 0 Å². The van der Waals surface area contributed by atoms with Crippen LogP contribution < -0.4 is 0 Å². The van der Waals surface area contributed by atoms with E-state index in [1.54, 1.807) is 0 Å². The number of thiophene rings is 8. The highest BCUT2D eigenvalue weighted by Gasteiger charge is 2.23. The minimum atomic E-state index is 1.46. The van der Waals surface area contributed by atoms with Gasteiger partial charge in [0, 0.05) is 9.40 Å². The fraction of sp³-hybridized carbons (Fsp3) is 0. The molecule has 8 rings (SSSR count). The second-order valence-electron chi connectivity index (χ2n) is 6.13. The second kappa shape index (κ2) is 4.69. The first-order valence-corrected chi connectivity index (χ1v) is 14.5. The molecular weight excluding hydrogens is 473 g/mol. The quantitative estimate of drug-likeness (QED) is 0.204. The van der Waals surface area contributed by atoms with Gasteiger partial charge in [0.1, 0.15) is 0 Å². The van der Waals surface area contributed by atoms with E-state index in [4.69, 9.17) is 0 Å². The molecule has 0 amide bonds. The Morgan fingerprint density at radius 1 is 0.346 bits per heavy atom. The minimum Gasteiger partial charge on any atom is -0.141 e. The second-order valence-corrected chi connectivity index (χ2v) is 14.2. The van der Waals surface area contributed by atoms with Crippen LogP contribution in [-0.4, -0.2) is 0 Å². The van der Waals surface area contributed by atoms with Crippen LogP contribution in [0.1, 0.15) is 0 Å². The molecule has 0 aliphatic heterocycles. The summed E-state index contributed by atoms with van der Waals surface area (Å²) in [4.78, 5) is 0. The van der Waals surface area contributed by atoms with Gasteiger partial charge >= 0.3 is 0 Å². The molecule has 124 valence electrons. The third kappa shape index (κ3) is 1.54. The van der Waals surface area contributed by atoms with Crippen molar-refractivity contribution in [1.82, 2.24) is 0 Å². The molecule has 0 aromatic carbocycles. The van der Waals surface area contributed by atoms with Crippen LogP contribution in [0, 0.1) is 0 Å². The molecule has 0 saturated heterocycles. The van der Waals surface area contributed by atoms with Crippen molar-refractivity contribution in [1.29, 1.82) is 0 Å². The Bertz CT molecular complexity index is 1660. The molecule has 0 N–H and O–H groups in total. The largest absolute Gasteiger partial charge is 0.141 e. The SMILES string of the molecule is c1cc2sc3c(sc4c3sc3c5sc6c7sccc7sc6c5sc43)c2s1. The molecule has 0 unspecified atom stereocenters. The van der Waals surface area contributed by atoms with Gasteiger partial charge in [-0.2, -0.15) is 0 Å². The Morgan fingerprint density at radius 3 is 1.04 bits per heavy atom. The van der Waals surface area contributed by atoms with Crippen molar-refractivity contribution in [3.05, 3.63) is 22.9 Å². The molecule has 8 aromatic rings. The van der Waals surface area contributed by atoms with Crippen molar-refractivity contribution in [2.45, 2.75) is 0 Å². The van der Waals surface area contributed by atoms with Gasteiger partial charge < -0.3 is 0 Å². The van der Waals surface area contributed by atoms with Crippen LogP contribution in [0.3, 0.4) is 0 Å². The molecule has 8 heterocycles. The van der Waals surface area contributed by atoms with Crippen LogP contribution >= 0.6 is 90.7 Å². The summed E-state index contributed by atoms with van der Waals surface area (Å²) in [5, 5.41) is 4.45. The van der Waals surface area contributed by atoms with Crippen molar-refractivity contribution >= 4 is 156 Å². The lowest BCUT2D eigenvalue weighted by Crippen LogP contribution is -1.45. The van der Waals surface area contributed by atoms with E-state index in [1.807, 2.05) is 90.7 Å². The topological polar surface area (TPSA) is 0 Å². The lowest BCUT2D eigenvalue weighted by Gasteiger charge is -1.79. The predicted octanol–water partition coefficient (Wildman–Crippen LogP) is 10.3. The zero-order chi connectivity index (χ0) is 16.6. The number of hydrogen-bond acceptors (Lipinski definition) is 8. The van der Waals surface area contributed by atoms with Crippen LogP contribution in [0.15, 0.2) is 22.9 Å². The Hall–Kier alpha value is -0.580. The van der Waals surface area contributed by atoms with Crippen molar-refractivity contribution in [2.75, 3.05) is 0 Å². The lowest BCUT2D eigenvalue weighted by molar-refractivity contribution is 2.26. The van der Waals surface area contributed by atoms with E-state index in [1.165, 1.54) is 65.8 Å². The summed E-state index contributed by atoms with van der Waals surface area (Å²) in [6.07, 6.45) is 0. The molecule has 8 aromatic heterocycles. The van der Waals surface area contributed by atoms with Crippen molar-refractivity contribution < 1.29 is 0 Å². The molecule has 0 atom stereocenters. The summed E-state index contributed by atoms with van der Waals surface area (Å²) >= 11 is 15.9. The van der Waals surface area contributed by atoms with E-state index >= 15 is 0 Å². The normalized spacial score (nSPS) is 13.4. The standard InChI is InChI=1S/C18H4S8/c1-3-19-7-5(1)21-11-9(7)23-15-13(11)25-18-16-14(26-17(15)18)12-10(24-16)8-6(22-12)2-4-20-8/h1-4H.